The van der Waals surface area contributed by atoms with E-state index in [1.54, 1.807) is 4.40 Å². The third-order valence-corrected chi connectivity index (χ3v) is 7.48. The molecular weight excluding hydrogens is 392 g/mol. The highest BCUT2D eigenvalue weighted by Gasteiger charge is 2.18. The number of aromatic nitrogens is 2. The molecule has 6 rings (SSSR count). The fourth-order valence-electron chi connectivity index (χ4n) is 4.60. The molecule has 2 heterocycles. The molecule has 0 radical (unpaired) electrons. The summed E-state index contributed by atoms with van der Waals surface area (Å²) >= 11 is 0. The molecule has 6 aromatic rings. The van der Waals surface area contributed by atoms with Gasteiger partial charge in [0.1, 0.15) is 5.65 Å². The van der Waals surface area contributed by atoms with E-state index < -0.39 is 10.8 Å². The Morgan fingerprint density at radius 2 is 1.63 bits per heavy atom. The molecule has 0 aliphatic carbocycles. The summed E-state index contributed by atoms with van der Waals surface area (Å²) in [5, 5.41) is 5.33. The summed E-state index contributed by atoms with van der Waals surface area (Å²) < 4.78 is 14.6. The smallest absolute Gasteiger partial charge is 0.264 e. The first kappa shape index (κ1) is 17.5. The third kappa shape index (κ3) is 2.24. The molecule has 0 aliphatic rings. The molecule has 1 unspecified atom stereocenters. The van der Waals surface area contributed by atoms with Gasteiger partial charge >= 0.3 is 0 Å². The maximum atomic E-state index is 13.7. The van der Waals surface area contributed by atoms with E-state index in [1.807, 2.05) is 73.7 Å². The van der Waals surface area contributed by atoms with Crippen LogP contribution in [0.15, 0.2) is 76.4 Å². The molecule has 1 atom stereocenters. The predicted molar refractivity (Wildman–Crippen MR) is 124 cm³/mol. The van der Waals surface area contributed by atoms with Gasteiger partial charge in [0.25, 0.3) is 5.56 Å². The van der Waals surface area contributed by atoms with Crippen LogP contribution >= 0.6 is 0 Å². The van der Waals surface area contributed by atoms with Crippen molar-refractivity contribution in [3.8, 4) is 0 Å². The quantitative estimate of drug-likeness (QED) is 0.295. The highest BCUT2D eigenvalue weighted by molar-refractivity contribution is 7.85. The maximum Gasteiger partial charge on any atom is 0.264 e. The van der Waals surface area contributed by atoms with Gasteiger partial charge in [0, 0.05) is 32.2 Å². The monoisotopic (exact) mass is 410 g/mol. The SMILES string of the molecule is CCCS(=O)c1ccc2c3c1cccc3c(=O)n1c3cccc4cccc(nc21)c43. The zero-order chi connectivity index (χ0) is 20.4. The summed E-state index contributed by atoms with van der Waals surface area (Å²) in [5.74, 6) is 0.606. The summed E-state index contributed by atoms with van der Waals surface area (Å²) in [6, 6.07) is 21.6. The lowest BCUT2D eigenvalue weighted by Gasteiger charge is -2.15. The van der Waals surface area contributed by atoms with Crippen molar-refractivity contribution in [3.05, 3.63) is 77.1 Å². The van der Waals surface area contributed by atoms with Crippen molar-refractivity contribution in [1.82, 2.24) is 9.38 Å². The van der Waals surface area contributed by atoms with Gasteiger partial charge in [-0.2, -0.15) is 0 Å². The zero-order valence-corrected chi connectivity index (χ0v) is 17.2. The molecular formula is C25H18N2O2S. The minimum absolute atomic E-state index is 0.0905. The van der Waals surface area contributed by atoms with Crippen LogP contribution < -0.4 is 5.56 Å². The van der Waals surface area contributed by atoms with Crippen LogP contribution in [0.2, 0.25) is 0 Å². The van der Waals surface area contributed by atoms with Gasteiger partial charge in [0.05, 0.1) is 21.8 Å². The van der Waals surface area contributed by atoms with E-state index in [1.165, 1.54) is 0 Å². The average molecular weight is 410 g/mol. The lowest BCUT2D eigenvalue weighted by atomic mass is 10.0. The van der Waals surface area contributed by atoms with E-state index >= 15 is 0 Å². The molecule has 30 heavy (non-hydrogen) atoms. The second-order valence-corrected chi connectivity index (χ2v) is 9.16. The van der Waals surface area contributed by atoms with Crippen LogP contribution in [0.4, 0.5) is 0 Å². The summed E-state index contributed by atoms with van der Waals surface area (Å²) in [4.78, 5) is 19.4. The molecule has 0 bridgehead atoms. The first-order chi connectivity index (χ1) is 14.7. The Morgan fingerprint density at radius 1 is 0.867 bits per heavy atom. The molecule has 0 N–H and O–H groups in total. The normalized spacial score (nSPS) is 13.2. The standard InChI is InChI=1S/C25H18N2O2S/c1-2-14-30(29)21-13-12-17-23-16(21)8-5-9-18(23)25(28)27-20-11-4-7-15-6-3-10-19(22(15)20)26-24(17)27/h3-13H,2,14H2,1H3. The number of benzene rings is 4. The van der Waals surface area contributed by atoms with E-state index in [4.69, 9.17) is 4.98 Å². The summed E-state index contributed by atoms with van der Waals surface area (Å²) in [6.07, 6.45) is 0.843. The topological polar surface area (TPSA) is 51.4 Å². The number of fused-ring (bicyclic) bond motifs is 3. The fourth-order valence-corrected chi connectivity index (χ4v) is 5.83. The molecule has 0 fully saturated rings. The highest BCUT2D eigenvalue weighted by Crippen LogP contribution is 2.34. The van der Waals surface area contributed by atoms with E-state index in [9.17, 15) is 9.00 Å². The summed E-state index contributed by atoms with van der Waals surface area (Å²) in [6.45, 7) is 2.03. The average Bonchev–Trinajstić information content (AvgIpc) is 2.77. The second kappa shape index (κ2) is 6.34. The van der Waals surface area contributed by atoms with Crippen LogP contribution in [-0.4, -0.2) is 19.3 Å². The van der Waals surface area contributed by atoms with Crippen LogP contribution in [0.25, 0.3) is 49.0 Å². The molecule has 4 aromatic carbocycles. The number of rotatable bonds is 3. The van der Waals surface area contributed by atoms with Gasteiger partial charge in [0.15, 0.2) is 0 Å². The molecule has 2 aromatic heterocycles. The minimum Gasteiger partial charge on any atom is -0.268 e. The van der Waals surface area contributed by atoms with E-state index in [0.717, 1.165) is 49.3 Å². The summed E-state index contributed by atoms with van der Waals surface area (Å²) in [7, 11) is -1.10. The Labute approximate surface area is 174 Å². The zero-order valence-electron chi connectivity index (χ0n) is 16.4. The Balaban J connectivity index is 1.89. The van der Waals surface area contributed by atoms with Crippen molar-refractivity contribution < 1.29 is 4.21 Å². The van der Waals surface area contributed by atoms with Crippen molar-refractivity contribution in [3.63, 3.8) is 0 Å². The number of hydrogen-bond donors (Lipinski definition) is 0. The number of pyridine rings is 1. The van der Waals surface area contributed by atoms with Gasteiger partial charge in [-0.05, 0) is 47.5 Å². The predicted octanol–water partition coefficient (Wildman–Crippen LogP) is 5.26. The number of hydrogen-bond acceptors (Lipinski definition) is 3. The second-order valence-electron chi connectivity index (χ2n) is 7.62. The van der Waals surface area contributed by atoms with Gasteiger partial charge < -0.3 is 0 Å². The van der Waals surface area contributed by atoms with E-state index in [0.29, 0.717) is 16.8 Å². The Hall–Kier alpha value is -3.31. The lowest BCUT2D eigenvalue weighted by molar-refractivity contribution is 0.682. The van der Waals surface area contributed by atoms with Crippen molar-refractivity contribution >= 4 is 59.8 Å². The third-order valence-electron chi connectivity index (χ3n) is 5.85. The molecule has 0 saturated carbocycles. The summed E-state index contributed by atoms with van der Waals surface area (Å²) in [5.41, 5.74) is 2.28. The van der Waals surface area contributed by atoms with Crippen molar-refractivity contribution in [2.75, 3.05) is 5.75 Å². The van der Waals surface area contributed by atoms with Crippen LogP contribution in [-0.2, 0) is 10.8 Å². The first-order valence-corrected chi connectivity index (χ1v) is 11.4. The number of nitrogens with zero attached hydrogens (tertiary/aromatic N) is 2. The Morgan fingerprint density at radius 3 is 2.47 bits per heavy atom. The maximum absolute atomic E-state index is 13.7. The first-order valence-electron chi connectivity index (χ1n) is 10.1. The van der Waals surface area contributed by atoms with Crippen LogP contribution in [0, 0.1) is 0 Å². The molecule has 0 amide bonds. The van der Waals surface area contributed by atoms with Gasteiger partial charge in [-0.1, -0.05) is 43.3 Å². The van der Waals surface area contributed by atoms with Crippen LogP contribution in [0.1, 0.15) is 13.3 Å². The molecule has 4 nitrogen and oxygen atoms in total. The fraction of sp³-hybridized carbons (Fsp3) is 0.120. The van der Waals surface area contributed by atoms with E-state index in [2.05, 4.69) is 0 Å². The molecule has 0 aliphatic heterocycles. The van der Waals surface area contributed by atoms with Crippen LogP contribution in [0.3, 0.4) is 0 Å². The van der Waals surface area contributed by atoms with Crippen molar-refractivity contribution in [1.29, 1.82) is 0 Å². The van der Waals surface area contributed by atoms with Gasteiger partial charge in [-0.25, -0.2) is 4.98 Å². The Kier molecular flexibility index (Phi) is 3.71. The van der Waals surface area contributed by atoms with E-state index in [-0.39, 0.29) is 5.56 Å². The largest absolute Gasteiger partial charge is 0.268 e. The minimum atomic E-state index is -1.10. The van der Waals surface area contributed by atoms with Gasteiger partial charge in [-0.15, -0.1) is 0 Å². The molecule has 146 valence electrons. The lowest BCUT2D eigenvalue weighted by Crippen LogP contribution is -2.16. The molecule has 0 spiro atoms. The highest BCUT2D eigenvalue weighted by atomic mass is 32.2. The van der Waals surface area contributed by atoms with Crippen molar-refractivity contribution in [2.45, 2.75) is 18.2 Å². The van der Waals surface area contributed by atoms with Crippen LogP contribution in [0.5, 0.6) is 0 Å². The van der Waals surface area contributed by atoms with Crippen molar-refractivity contribution in [2.24, 2.45) is 0 Å². The molecule has 0 saturated heterocycles. The van der Waals surface area contributed by atoms with Gasteiger partial charge in [0.2, 0.25) is 0 Å². The Bertz CT molecular complexity index is 1700. The van der Waals surface area contributed by atoms with Gasteiger partial charge in [-0.3, -0.25) is 13.4 Å². The molecule has 5 heteroatoms.